The number of nitrogens with two attached hydrogens (primary N) is 1. The Morgan fingerprint density at radius 3 is 2.55 bits per heavy atom. The Morgan fingerprint density at radius 2 is 1.95 bits per heavy atom. The molecular formula is C15H16N2O2S. The van der Waals surface area contributed by atoms with Crippen LogP contribution in [0.2, 0.25) is 0 Å². The van der Waals surface area contributed by atoms with E-state index in [1.165, 1.54) is 11.3 Å². The molecule has 1 atom stereocenters. The highest BCUT2D eigenvalue weighted by Crippen LogP contribution is 2.19. The summed E-state index contributed by atoms with van der Waals surface area (Å²) in [5.41, 5.74) is 7.05. The van der Waals surface area contributed by atoms with Crippen molar-refractivity contribution < 1.29 is 9.59 Å². The van der Waals surface area contributed by atoms with E-state index in [-0.39, 0.29) is 5.91 Å². The highest BCUT2D eigenvalue weighted by Gasteiger charge is 2.22. The van der Waals surface area contributed by atoms with Gasteiger partial charge in [-0.05, 0) is 29.0 Å². The highest BCUT2D eigenvalue weighted by atomic mass is 32.1. The third-order valence-corrected chi connectivity index (χ3v) is 3.98. The van der Waals surface area contributed by atoms with Crippen LogP contribution in [0.1, 0.15) is 33.8 Å². The number of aryl methyl sites for hydroxylation is 1. The fourth-order valence-corrected chi connectivity index (χ4v) is 2.87. The SMILES string of the molecule is CCc1ccsc1C(=O)N[C@H](C(N)=O)c1ccccc1. The minimum Gasteiger partial charge on any atom is -0.368 e. The summed E-state index contributed by atoms with van der Waals surface area (Å²) in [4.78, 5) is 24.5. The second-order valence-corrected chi connectivity index (χ2v) is 5.26. The average Bonchev–Trinajstić information content (AvgIpc) is 2.93. The van der Waals surface area contributed by atoms with Crippen molar-refractivity contribution in [1.82, 2.24) is 5.32 Å². The summed E-state index contributed by atoms with van der Waals surface area (Å²) in [5.74, 6) is -0.830. The van der Waals surface area contributed by atoms with Crippen LogP contribution in [0.5, 0.6) is 0 Å². The molecule has 0 aliphatic rings. The molecule has 0 unspecified atom stereocenters. The second kappa shape index (κ2) is 6.34. The number of hydrogen-bond donors (Lipinski definition) is 2. The first-order chi connectivity index (χ1) is 9.63. The van der Waals surface area contributed by atoms with E-state index in [2.05, 4.69) is 5.32 Å². The van der Waals surface area contributed by atoms with Gasteiger partial charge in [0, 0.05) is 0 Å². The lowest BCUT2D eigenvalue weighted by Gasteiger charge is -2.15. The van der Waals surface area contributed by atoms with Gasteiger partial charge in [0.25, 0.3) is 5.91 Å². The van der Waals surface area contributed by atoms with Crippen molar-refractivity contribution in [3.05, 3.63) is 57.8 Å². The molecule has 104 valence electrons. The normalized spacial score (nSPS) is 11.8. The maximum atomic E-state index is 12.3. The summed E-state index contributed by atoms with van der Waals surface area (Å²) in [7, 11) is 0. The van der Waals surface area contributed by atoms with Gasteiger partial charge in [0.05, 0.1) is 4.88 Å². The molecule has 2 aromatic rings. The van der Waals surface area contributed by atoms with E-state index in [1.807, 2.05) is 24.4 Å². The number of carbonyl (C=O) groups excluding carboxylic acids is 2. The molecule has 3 N–H and O–H groups in total. The summed E-state index contributed by atoms with van der Waals surface area (Å²) in [5, 5.41) is 4.58. The molecule has 0 aliphatic heterocycles. The molecule has 1 aromatic heterocycles. The number of rotatable bonds is 5. The molecule has 0 radical (unpaired) electrons. The fraction of sp³-hybridized carbons (Fsp3) is 0.200. The monoisotopic (exact) mass is 288 g/mol. The van der Waals surface area contributed by atoms with Crippen molar-refractivity contribution in [2.24, 2.45) is 5.73 Å². The van der Waals surface area contributed by atoms with Crippen molar-refractivity contribution in [3.8, 4) is 0 Å². The number of benzene rings is 1. The largest absolute Gasteiger partial charge is 0.368 e. The van der Waals surface area contributed by atoms with E-state index in [0.29, 0.717) is 10.4 Å². The van der Waals surface area contributed by atoms with Crippen LogP contribution < -0.4 is 11.1 Å². The molecule has 0 fully saturated rings. The lowest BCUT2D eigenvalue weighted by molar-refractivity contribution is -0.120. The average molecular weight is 288 g/mol. The van der Waals surface area contributed by atoms with E-state index < -0.39 is 11.9 Å². The quantitative estimate of drug-likeness (QED) is 0.886. The molecule has 20 heavy (non-hydrogen) atoms. The Bertz CT molecular complexity index is 607. The lowest BCUT2D eigenvalue weighted by Crippen LogP contribution is -2.37. The maximum Gasteiger partial charge on any atom is 0.262 e. The molecule has 0 saturated heterocycles. The lowest BCUT2D eigenvalue weighted by atomic mass is 10.1. The van der Waals surface area contributed by atoms with Gasteiger partial charge in [0.1, 0.15) is 6.04 Å². The smallest absolute Gasteiger partial charge is 0.262 e. The Balaban J connectivity index is 2.21. The number of nitrogens with one attached hydrogen (secondary N) is 1. The van der Waals surface area contributed by atoms with Crippen molar-refractivity contribution in [1.29, 1.82) is 0 Å². The summed E-state index contributed by atoms with van der Waals surface area (Å²) < 4.78 is 0. The Labute approximate surface area is 121 Å². The number of hydrogen-bond acceptors (Lipinski definition) is 3. The summed E-state index contributed by atoms with van der Waals surface area (Å²) in [6.45, 7) is 1.99. The molecule has 0 spiro atoms. The topological polar surface area (TPSA) is 72.2 Å². The van der Waals surface area contributed by atoms with E-state index in [0.717, 1.165) is 12.0 Å². The van der Waals surface area contributed by atoms with Crippen LogP contribution in [-0.4, -0.2) is 11.8 Å². The van der Waals surface area contributed by atoms with E-state index >= 15 is 0 Å². The predicted octanol–water partition coefficient (Wildman–Crippen LogP) is 2.27. The van der Waals surface area contributed by atoms with Crippen LogP contribution in [0.3, 0.4) is 0 Å². The van der Waals surface area contributed by atoms with E-state index in [9.17, 15) is 9.59 Å². The minimum absolute atomic E-state index is 0.260. The van der Waals surface area contributed by atoms with Crippen LogP contribution in [0, 0.1) is 0 Å². The maximum absolute atomic E-state index is 12.3. The highest BCUT2D eigenvalue weighted by molar-refractivity contribution is 7.12. The van der Waals surface area contributed by atoms with Gasteiger partial charge in [-0.2, -0.15) is 0 Å². The zero-order valence-corrected chi connectivity index (χ0v) is 11.9. The van der Waals surface area contributed by atoms with Gasteiger partial charge in [-0.1, -0.05) is 37.3 Å². The molecule has 0 bridgehead atoms. The Hall–Kier alpha value is -2.14. The first kappa shape index (κ1) is 14.3. The van der Waals surface area contributed by atoms with Gasteiger partial charge in [0.2, 0.25) is 5.91 Å². The molecular weight excluding hydrogens is 272 g/mol. The summed E-state index contributed by atoms with van der Waals surface area (Å²) in [6, 6.07) is 10.1. The zero-order chi connectivity index (χ0) is 14.5. The van der Waals surface area contributed by atoms with Crippen LogP contribution in [0.15, 0.2) is 41.8 Å². The van der Waals surface area contributed by atoms with Crippen molar-refractivity contribution in [2.75, 3.05) is 0 Å². The molecule has 1 heterocycles. The van der Waals surface area contributed by atoms with Crippen LogP contribution in [-0.2, 0) is 11.2 Å². The standard InChI is InChI=1S/C15H16N2O2S/c1-2-10-8-9-20-13(10)15(19)17-12(14(16)18)11-6-4-3-5-7-11/h3-9,12H,2H2,1H3,(H2,16,18)(H,17,19)/t12-/m0/s1. The predicted molar refractivity (Wildman–Crippen MR) is 79.5 cm³/mol. The van der Waals surface area contributed by atoms with Crippen molar-refractivity contribution in [3.63, 3.8) is 0 Å². The fourth-order valence-electron chi connectivity index (χ4n) is 1.97. The number of thiophene rings is 1. The minimum atomic E-state index is -0.810. The molecule has 1 aromatic carbocycles. The number of carbonyl (C=O) groups is 2. The molecule has 2 rings (SSSR count). The Kier molecular flexibility index (Phi) is 4.53. The van der Waals surface area contributed by atoms with Crippen LogP contribution >= 0.6 is 11.3 Å². The van der Waals surface area contributed by atoms with Gasteiger partial charge in [-0.3, -0.25) is 9.59 Å². The second-order valence-electron chi connectivity index (χ2n) is 4.35. The summed E-state index contributed by atoms with van der Waals surface area (Å²) >= 11 is 1.37. The van der Waals surface area contributed by atoms with Crippen LogP contribution in [0.4, 0.5) is 0 Å². The van der Waals surface area contributed by atoms with Crippen LogP contribution in [0.25, 0.3) is 0 Å². The third-order valence-electron chi connectivity index (χ3n) is 3.03. The number of primary amides is 1. The van der Waals surface area contributed by atoms with Gasteiger partial charge in [-0.15, -0.1) is 11.3 Å². The molecule has 0 aliphatic carbocycles. The van der Waals surface area contributed by atoms with Gasteiger partial charge >= 0.3 is 0 Å². The molecule has 0 saturated carbocycles. The van der Waals surface area contributed by atoms with Gasteiger partial charge in [0.15, 0.2) is 0 Å². The van der Waals surface area contributed by atoms with Gasteiger partial charge < -0.3 is 11.1 Å². The van der Waals surface area contributed by atoms with Gasteiger partial charge in [-0.25, -0.2) is 0 Å². The zero-order valence-electron chi connectivity index (χ0n) is 11.1. The number of amides is 2. The molecule has 4 nitrogen and oxygen atoms in total. The first-order valence-corrected chi connectivity index (χ1v) is 7.23. The van der Waals surface area contributed by atoms with E-state index in [1.54, 1.807) is 24.3 Å². The molecule has 2 amide bonds. The van der Waals surface area contributed by atoms with E-state index in [4.69, 9.17) is 5.73 Å². The molecule has 5 heteroatoms. The third kappa shape index (κ3) is 3.05. The first-order valence-electron chi connectivity index (χ1n) is 6.35. The van der Waals surface area contributed by atoms with Crippen molar-refractivity contribution >= 4 is 23.2 Å². The van der Waals surface area contributed by atoms with Crippen molar-refractivity contribution in [2.45, 2.75) is 19.4 Å². The summed E-state index contributed by atoms with van der Waals surface area (Å²) in [6.07, 6.45) is 0.777. The Morgan fingerprint density at radius 1 is 1.25 bits per heavy atom.